The van der Waals surface area contributed by atoms with Crippen LogP contribution in [0.25, 0.3) is 0 Å². The molecule has 3 heteroatoms. The average molecular weight is 319 g/mol. The van der Waals surface area contributed by atoms with Gasteiger partial charge in [0.15, 0.2) is 0 Å². The van der Waals surface area contributed by atoms with E-state index >= 15 is 0 Å². The van der Waals surface area contributed by atoms with Crippen molar-refractivity contribution < 1.29 is 9.59 Å². The Morgan fingerprint density at radius 1 is 0.792 bits per heavy atom. The van der Waals surface area contributed by atoms with Crippen LogP contribution in [0.4, 0.5) is 5.69 Å². The quantitative estimate of drug-likeness (QED) is 0.582. The van der Waals surface area contributed by atoms with Crippen LogP contribution in [0, 0.1) is 23.7 Å². The van der Waals surface area contributed by atoms with Crippen molar-refractivity contribution in [2.75, 3.05) is 4.90 Å². The zero-order chi connectivity index (χ0) is 16.3. The third-order valence-electron chi connectivity index (χ3n) is 6.30. The minimum Gasteiger partial charge on any atom is -0.274 e. The van der Waals surface area contributed by atoms with Crippen LogP contribution in [-0.4, -0.2) is 11.8 Å². The van der Waals surface area contributed by atoms with Gasteiger partial charge >= 0.3 is 0 Å². The van der Waals surface area contributed by atoms with Crippen LogP contribution < -0.4 is 4.90 Å². The first-order valence-corrected chi connectivity index (χ1v) is 9.10. The number of imide groups is 1. The van der Waals surface area contributed by atoms with E-state index in [-0.39, 0.29) is 35.5 Å². The summed E-state index contributed by atoms with van der Waals surface area (Å²) in [5.74, 6) is -0.00490. The number of hydrogen-bond acceptors (Lipinski definition) is 2. The molecule has 3 aliphatic carbocycles. The Bertz CT molecular complexity index is 734. The molecule has 24 heavy (non-hydrogen) atoms. The normalized spacial score (nSPS) is 34.4. The highest BCUT2D eigenvalue weighted by Gasteiger charge is 2.62. The lowest BCUT2D eigenvalue weighted by atomic mass is 9.85. The molecule has 4 atom stereocenters. The fraction of sp³-hybridized carbons (Fsp3) is 0.429. The Hall–Kier alpha value is -2.16. The number of benzene rings is 1. The minimum absolute atomic E-state index is 0.00181. The van der Waals surface area contributed by atoms with Crippen LogP contribution in [0.15, 0.2) is 53.6 Å². The summed E-state index contributed by atoms with van der Waals surface area (Å²) < 4.78 is 0. The second-order valence-electron chi connectivity index (χ2n) is 7.46. The second kappa shape index (κ2) is 5.17. The maximum Gasteiger partial charge on any atom is 0.238 e. The number of nitrogens with zero attached hydrogens (tertiary/aromatic N) is 1. The number of para-hydroxylation sites is 1. The van der Waals surface area contributed by atoms with E-state index in [2.05, 4.69) is 12.2 Å². The molecule has 1 saturated heterocycles. The van der Waals surface area contributed by atoms with Crippen LogP contribution in [-0.2, 0) is 9.59 Å². The monoisotopic (exact) mass is 319 g/mol. The summed E-state index contributed by atoms with van der Waals surface area (Å²) in [6, 6.07) is 9.38. The molecule has 1 heterocycles. The number of anilines is 1. The van der Waals surface area contributed by atoms with Gasteiger partial charge in [-0.3, -0.25) is 9.59 Å². The molecule has 1 aromatic rings. The van der Waals surface area contributed by atoms with Crippen molar-refractivity contribution in [1.29, 1.82) is 0 Å². The minimum atomic E-state index is -0.169. The van der Waals surface area contributed by atoms with Crippen molar-refractivity contribution in [2.24, 2.45) is 23.7 Å². The Balaban J connectivity index is 1.54. The van der Waals surface area contributed by atoms with E-state index in [1.165, 1.54) is 29.7 Å². The standard InChI is InChI=1S/C21H21NO2/c23-20-18-15-11-12-16(17(15)13-7-3-1-4-8-13)19(18)21(24)22(20)14-9-5-2-6-10-14/h2,5-6,9-12,15-16,18-19H,1,3-4,7-8H2/t15-,16+,18+,19-. The number of carbonyl (C=O) groups excluding carboxylic acids is 2. The van der Waals surface area contributed by atoms with Gasteiger partial charge < -0.3 is 0 Å². The highest BCUT2D eigenvalue weighted by Crippen LogP contribution is 2.58. The predicted octanol–water partition coefficient (Wildman–Crippen LogP) is 3.87. The van der Waals surface area contributed by atoms with Gasteiger partial charge in [-0.2, -0.15) is 0 Å². The van der Waals surface area contributed by atoms with Gasteiger partial charge in [0, 0.05) is 11.8 Å². The van der Waals surface area contributed by atoms with Gasteiger partial charge in [-0.25, -0.2) is 4.90 Å². The Morgan fingerprint density at radius 2 is 1.38 bits per heavy atom. The number of hydrogen-bond donors (Lipinski definition) is 0. The van der Waals surface area contributed by atoms with Crippen LogP contribution in [0.3, 0.4) is 0 Å². The van der Waals surface area contributed by atoms with Gasteiger partial charge in [0.25, 0.3) is 0 Å². The van der Waals surface area contributed by atoms with E-state index in [0.717, 1.165) is 12.8 Å². The largest absolute Gasteiger partial charge is 0.274 e. The SMILES string of the molecule is O=C1[C@@H]2[C@H](C(=O)N1c1ccccc1)[C@H]1C=C[C@@H]2C1=C1CCCCC1. The maximum atomic E-state index is 13.1. The molecule has 2 bridgehead atoms. The molecule has 0 radical (unpaired) electrons. The molecule has 0 N–H and O–H groups in total. The molecule has 0 spiro atoms. The van der Waals surface area contributed by atoms with E-state index in [1.807, 2.05) is 30.3 Å². The highest BCUT2D eigenvalue weighted by molar-refractivity contribution is 6.23. The van der Waals surface area contributed by atoms with Crippen molar-refractivity contribution >= 4 is 17.5 Å². The Morgan fingerprint density at radius 3 is 1.96 bits per heavy atom. The van der Waals surface area contributed by atoms with Gasteiger partial charge in [-0.1, -0.05) is 47.9 Å². The zero-order valence-corrected chi connectivity index (χ0v) is 13.7. The lowest BCUT2D eigenvalue weighted by Gasteiger charge is -2.23. The van der Waals surface area contributed by atoms with E-state index < -0.39 is 0 Å². The number of amides is 2. The molecule has 3 nitrogen and oxygen atoms in total. The number of rotatable bonds is 1. The topological polar surface area (TPSA) is 37.4 Å². The van der Waals surface area contributed by atoms with Crippen molar-refractivity contribution in [3.8, 4) is 0 Å². The molecule has 1 aromatic carbocycles. The first-order valence-electron chi connectivity index (χ1n) is 9.10. The molecule has 2 amide bonds. The van der Waals surface area contributed by atoms with E-state index in [1.54, 1.807) is 5.57 Å². The lowest BCUT2D eigenvalue weighted by molar-refractivity contribution is -0.122. The van der Waals surface area contributed by atoms with Gasteiger partial charge in [0.1, 0.15) is 0 Å². The fourth-order valence-electron chi connectivity index (χ4n) is 5.33. The Kier molecular flexibility index (Phi) is 3.06. The third kappa shape index (κ3) is 1.78. The summed E-state index contributed by atoms with van der Waals surface area (Å²) in [6.45, 7) is 0. The molecule has 4 aliphatic rings. The Labute approximate surface area is 142 Å². The molecule has 3 fully saturated rings. The number of carbonyl (C=O) groups is 2. The van der Waals surface area contributed by atoms with Crippen molar-refractivity contribution in [1.82, 2.24) is 0 Å². The summed E-state index contributed by atoms with van der Waals surface area (Å²) in [7, 11) is 0. The summed E-state index contributed by atoms with van der Waals surface area (Å²) in [5.41, 5.74) is 3.69. The van der Waals surface area contributed by atoms with Crippen LogP contribution in [0.1, 0.15) is 32.1 Å². The van der Waals surface area contributed by atoms with Gasteiger partial charge in [-0.15, -0.1) is 0 Å². The number of allylic oxidation sites excluding steroid dienone is 4. The van der Waals surface area contributed by atoms with Crippen molar-refractivity contribution in [3.05, 3.63) is 53.6 Å². The molecular weight excluding hydrogens is 298 g/mol. The first-order chi connectivity index (χ1) is 11.8. The fourth-order valence-corrected chi connectivity index (χ4v) is 5.33. The molecule has 122 valence electrons. The van der Waals surface area contributed by atoms with Gasteiger partial charge in [-0.05, 0) is 37.8 Å². The van der Waals surface area contributed by atoms with Crippen LogP contribution in [0.5, 0.6) is 0 Å². The molecule has 2 saturated carbocycles. The second-order valence-corrected chi connectivity index (χ2v) is 7.46. The highest BCUT2D eigenvalue weighted by atomic mass is 16.2. The first kappa shape index (κ1) is 14.2. The number of fused-ring (bicyclic) bond motifs is 5. The zero-order valence-electron chi connectivity index (χ0n) is 13.7. The summed E-state index contributed by atoms with van der Waals surface area (Å²) in [6.07, 6.45) is 10.5. The van der Waals surface area contributed by atoms with Crippen LogP contribution >= 0.6 is 0 Å². The molecule has 0 aromatic heterocycles. The third-order valence-corrected chi connectivity index (χ3v) is 6.30. The van der Waals surface area contributed by atoms with Crippen molar-refractivity contribution in [2.45, 2.75) is 32.1 Å². The van der Waals surface area contributed by atoms with E-state index in [4.69, 9.17) is 0 Å². The summed E-state index contributed by atoms with van der Waals surface area (Å²) >= 11 is 0. The lowest BCUT2D eigenvalue weighted by Crippen LogP contribution is -2.33. The predicted molar refractivity (Wildman–Crippen MR) is 92.1 cm³/mol. The maximum absolute atomic E-state index is 13.1. The van der Waals surface area contributed by atoms with Crippen molar-refractivity contribution in [3.63, 3.8) is 0 Å². The van der Waals surface area contributed by atoms with Gasteiger partial charge in [0.05, 0.1) is 17.5 Å². The molecule has 1 aliphatic heterocycles. The summed E-state index contributed by atoms with van der Waals surface area (Å²) in [4.78, 5) is 27.6. The molecular formula is C21H21NO2. The van der Waals surface area contributed by atoms with Crippen LogP contribution in [0.2, 0.25) is 0 Å². The molecule has 0 unspecified atom stereocenters. The molecule has 5 rings (SSSR count). The van der Waals surface area contributed by atoms with E-state index in [9.17, 15) is 9.59 Å². The smallest absolute Gasteiger partial charge is 0.238 e. The van der Waals surface area contributed by atoms with E-state index in [0.29, 0.717) is 5.69 Å². The summed E-state index contributed by atoms with van der Waals surface area (Å²) in [5, 5.41) is 0. The average Bonchev–Trinajstić information content (AvgIpc) is 3.26. The van der Waals surface area contributed by atoms with Gasteiger partial charge in [0.2, 0.25) is 11.8 Å².